The number of nitrogens with zero attached hydrogens (tertiary/aromatic N) is 2. The van der Waals surface area contributed by atoms with Gasteiger partial charge in [0, 0.05) is 6.07 Å². The van der Waals surface area contributed by atoms with E-state index < -0.39 is 5.97 Å². The summed E-state index contributed by atoms with van der Waals surface area (Å²) in [5, 5.41) is 8.32. The number of rotatable bonds is 2. The van der Waals surface area contributed by atoms with Gasteiger partial charge in [0.1, 0.15) is 6.20 Å². The van der Waals surface area contributed by atoms with Crippen LogP contribution in [0.25, 0.3) is 0 Å². The Bertz CT molecular complexity index is 227. The van der Waals surface area contributed by atoms with E-state index in [2.05, 4.69) is 4.98 Å². The summed E-state index contributed by atoms with van der Waals surface area (Å²) in [6.45, 7) is -0.0339. The molecular weight excluding hydrogens is 172 g/mol. The van der Waals surface area contributed by atoms with Gasteiger partial charge in [0.2, 0.25) is 0 Å². The number of aromatic nitrogens is 2. The van der Waals surface area contributed by atoms with E-state index in [1.807, 2.05) is 0 Å². The molecule has 1 rings (SSSR count). The molecular formula is C6H9CaN2O2+. The monoisotopic (exact) mass is 181 g/mol. The molecule has 0 aliphatic rings. The molecule has 0 spiro atoms. The first kappa shape index (κ1) is 10.8. The second-order valence-corrected chi connectivity index (χ2v) is 1.82. The van der Waals surface area contributed by atoms with Gasteiger partial charge in [-0.2, -0.15) is 0 Å². The molecule has 0 radical (unpaired) electrons. The molecule has 1 aromatic rings. The quantitative estimate of drug-likeness (QED) is 0.448. The van der Waals surface area contributed by atoms with E-state index in [0.29, 0.717) is 0 Å². The van der Waals surface area contributed by atoms with Crippen molar-refractivity contribution in [1.29, 1.82) is 0 Å². The zero-order valence-electron chi connectivity index (χ0n) is 5.27. The fraction of sp³-hybridized carbons (Fsp3) is 0.167. The zero-order valence-corrected chi connectivity index (χ0v) is 5.27. The fourth-order valence-corrected chi connectivity index (χ4v) is 0.611. The van der Waals surface area contributed by atoms with Crippen molar-refractivity contribution in [2.75, 3.05) is 0 Å². The molecule has 56 valence electrons. The number of hydrogen-bond donors (Lipinski definition) is 1. The molecule has 0 atom stereocenters. The van der Waals surface area contributed by atoms with Crippen molar-refractivity contribution >= 4 is 43.7 Å². The maximum atomic E-state index is 10.1. The molecule has 1 N–H and O–H groups in total. The summed E-state index contributed by atoms with van der Waals surface area (Å²) in [5.41, 5.74) is 0. The van der Waals surface area contributed by atoms with E-state index in [0.717, 1.165) is 0 Å². The van der Waals surface area contributed by atoms with Crippen LogP contribution in [-0.2, 0) is 11.3 Å². The average Bonchev–Trinajstić information content (AvgIpc) is 1.88. The molecule has 1 heterocycles. The van der Waals surface area contributed by atoms with E-state index in [9.17, 15) is 4.79 Å². The summed E-state index contributed by atoms with van der Waals surface area (Å²) in [4.78, 5) is 13.9. The van der Waals surface area contributed by atoms with Crippen LogP contribution in [0.15, 0.2) is 24.8 Å². The van der Waals surface area contributed by atoms with Gasteiger partial charge in [-0.15, -0.1) is 0 Å². The van der Waals surface area contributed by atoms with Crippen LogP contribution in [-0.4, -0.2) is 53.8 Å². The molecule has 0 aromatic carbocycles. The van der Waals surface area contributed by atoms with E-state index >= 15 is 0 Å². The summed E-state index contributed by atoms with van der Waals surface area (Å²) in [6, 6.07) is 1.68. The SMILES string of the molecule is O=C(O)C[n+]1cccnc1.[CaH2]. The van der Waals surface area contributed by atoms with E-state index in [1.54, 1.807) is 18.5 Å². The topological polar surface area (TPSA) is 54.1 Å². The molecule has 0 saturated carbocycles. The molecule has 5 heteroatoms. The molecule has 0 amide bonds. The third-order valence-electron chi connectivity index (χ3n) is 0.982. The Balaban J connectivity index is 0.000001000. The second kappa shape index (κ2) is 5.46. The van der Waals surface area contributed by atoms with E-state index in [-0.39, 0.29) is 44.3 Å². The van der Waals surface area contributed by atoms with Crippen molar-refractivity contribution < 1.29 is 14.5 Å². The number of carbonyl (C=O) groups is 1. The first-order chi connectivity index (χ1) is 4.79. The average molecular weight is 181 g/mol. The van der Waals surface area contributed by atoms with Crippen LogP contribution in [0.4, 0.5) is 0 Å². The number of carboxylic acid groups (broad SMARTS) is 1. The first-order valence-electron chi connectivity index (χ1n) is 2.80. The van der Waals surface area contributed by atoms with Crippen molar-refractivity contribution in [3.05, 3.63) is 24.8 Å². The van der Waals surface area contributed by atoms with Crippen LogP contribution in [0.5, 0.6) is 0 Å². The molecule has 1 aromatic heterocycles. The molecule has 0 unspecified atom stereocenters. The maximum absolute atomic E-state index is 10.1. The van der Waals surface area contributed by atoms with Crippen LogP contribution in [0.2, 0.25) is 0 Å². The Morgan fingerprint density at radius 3 is 2.82 bits per heavy atom. The molecule has 4 nitrogen and oxygen atoms in total. The summed E-state index contributed by atoms with van der Waals surface area (Å²) in [7, 11) is 0. The van der Waals surface area contributed by atoms with Gasteiger partial charge in [0.15, 0.2) is 6.54 Å². The second-order valence-electron chi connectivity index (χ2n) is 1.82. The molecule has 0 aliphatic carbocycles. The predicted octanol–water partition coefficient (Wildman–Crippen LogP) is -1.46. The van der Waals surface area contributed by atoms with Crippen molar-refractivity contribution in [3.8, 4) is 0 Å². The van der Waals surface area contributed by atoms with E-state index in [4.69, 9.17) is 5.11 Å². The minimum absolute atomic E-state index is 0. The van der Waals surface area contributed by atoms with Gasteiger partial charge in [-0.05, 0) is 0 Å². The van der Waals surface area contributed by atoms with Crippen LogP contribution in [0.1, 0.15) is 0 Å². The third-order valence-corrected chi connectivity index (χ3v) is 0.982. The van der Waals surface area contributed by atoms with Crippen molar-refractivity contribution in [2.24, 2.45) is 0 Å². The Hall–Kier alpha value is -0.190. The summed E-state index contributed by atoms with van der Waals surface area (Å²) < 4.78 is 1.49. The van der Waals surface area contributed by atoms with Gasteiger partial charge in [-0.3, -0.25) is 0 Å². The number of hydrogen-bond acceptors (Lipinski definition) is 2. The standard InChI is InChI=1S/C6H6N2O2.Ca.2H/c9-6(10)4-8-3-1-2-7-5-8;;;/h1-3,5H,4H2;;;/p+1. The van der Waals surface area contributed by atoms with Crippen molar-refractivity contribution in [1.82, 2.24) is 4.98 Å². The van der Waals surface area contributed by atoms with Crippen LogP contribution >= 0.6 is 0 Å². The Morgan fingerprint density at radius 1 is 1.64 bits per heavy atom. The van der Waals surface area contributed by atoms with Gasteiger partial charge < -0.3 is 5.11 Å². The van der Waals surface area contributed by atoms with Gasteiger partial charge in [-0.25, -0.2) is 9.36 Å². The molecule has 0 bridgehead atoms. The zero-order chi connectivity index (χ0) is 7.40. The third kappa shape index (κ3) is 4.29. The van der Waals surface area contributed by atoms with Crippen LogP contribution in [0.3, 0.4) is 0 Å². The Morgan fingerprint density at radius 2 is 2.36 bits per heavy atom. The normalized spacial score (nSPS) is 8.36. The van der Waals surface area contributed by atoms with Crippen LogP contribution < -0.4 is 4.57 Å². The van der Waals surface area contributed by atoms with Gasteiger partial charge in [-0.1, -0.05) is 4.98 Å². The Kier molecular flexibility index (Phi) is 5.36. The van der Waals surface area contributed by atoms with Gasteiger partial charge >= 0.3 is 43.7 Å². The summed E-state index contributed by atoms with van der Waals surface area (Å²) in [6.07, 6.45) is 4.72. The molecule has 0 saturated heterocycles. The number of aliphatic carboxylic acids is 1. The summed E-state index contributed by atoms with van der Waals surface area (Å²) in [5.74, 6) is -0.863. The molecule has 0 aliphatic heterocycles. The minimum atomic E-state index is -0.863. The molecule has 0 fully saturated rings. The number of carboxylic acids is 1. The fourth-order valence-electron chi connectivity index (χ4n) is 0.611. The summed E-state index contributed by atoms with van der Waals surface area (Å²) >= 11 is 0. The van der Waals surface area contributed by atoms with Crippen molar-refractivity contribution in [2.45, 2.75) is 6.54 Å². The molecule has 11 heavy (non-hydrogen) atoms. The Labute approximate surface area is 93.9 Å². The first-order valence-corrected chi connectivity index (χ1v) is 2.80. The van der Waals surface area contributed by atoms with Gasteiger partial charge in [0.25, 0.3) is 6.33 Å². The van der Waals surface area contributed by atoms with Gasteiger partial charge in [0.05, 0.1) is 6.20 Å². The van der Waals surface area contributed by atoms with Crippen molar-refractivity contribution in [3.63, 3.8) is 0 Å². The van der Waals surface area contributed by atoms with E-state index in [1.165, 1.54) is 10.9 Å². The van der Waals surface area contributed by atoms with Crippen LogP contribution in [0, 0.1) is 0 Å². The predicted molar refractivity (Wildman–Crippen MR) is 40.6 cm³/mol.